The zero-order chi connectivity index (χ0) is 15.3. The monoisotopic (exact) mass is 314 g/mol. The molecular weight excluding hydrogens is 299 g/mol. The van der Waals surface area contributed by atoms with Crippen LogP contribution in [-0.4, -0.2) is 36.5 Å². The lowest BCUT2D eigenvalue weighted by atomic mass is 9.99. The lowest BCUT2D eigenvalue weighted by Gasteiger charge is -2.34. The largest absolute Gasteiger partial charge is 0.417 e. The number of benzene rings is 1. The minimum atomic E-state index is -3.80. The Labute approximate surface area is 120 Å². The van der Waals surface area contributed by atoms with Crippen LogP contribution in [0.3, 0.4) is 0 Å². The molecule has 1 fully saturated rings. The lowest BCUT2D eigenvalue weighted by molar-refractivity contribution is 0.102. The van der Waals surface area contributed by atoms with E-state index in [1.807, 2.05) is 0 Å². The van der Waals surface area contributed by atoms with Crippen LogP contribution in [0.4, 0.5) is 4.39 Å². The molecule has 1 N–H and O–H groups in total. The van der Waals surface area contributed by atoms with E-state index in [2.05, 4.69) is 4.98 Å². The number of nitrogens with one attached hydrogen (secondary N) is 1. The highest BCUT2D eigenvalue weighted by Gasteiger charge is 2.37. The molecule has 2 heterocycles. The molecular formula is C13H15FN2O4S. The van der Waals surface area contributed by atoms with E-state index in [1.165, 1.54) is 25.1 Å². The number of aromatic amines is 1. The average molecular weight is 314 g/mol. The van der Waals surface area contributed by atoms with E-state index in [1.54, 1.807) is 0 Å². The third-order valence-electron chi connectivity index (χ3n) is 3.64. The van der Waals surface area contributed by atoms with Crippen LogP contribution in [0.5, 0.6) is 0 Å². The van der Waals surface area contributed by atoms with Gasteiger partial charge in [0.1, 0.15) is 5.67 Å². The second-order valence-electron chi connectivity index (χ2n) is 5.53. The Morgan fingerprint density at radius 1 is 1.43 bits per heavy atom. The number of aromatic nitrogens is 1. The Morgan fingerprint density at radius 3 is 2.90 bits per heavy atom. The maximum Gasteiger partial charge on any atom is 0.417 e. The number of nitrogens with zero attached hydrogens (tertiary/aromatic N) is 1. The molecule has 1 unspecified atom stereocenters. The zero-order valence-electron chi connectivity index (χ0n) is 11.4. The zero-order valence-corrected chi connectivity index (χ0v) is 12.2. The van der Waals surface area contributed by atoms with Gasteiger partial charge in [-0.3, -0.25) is 4.98 Å². The van der Waals surface area contributed by atoms with Gasteiger partial charge < -0.3 is 4.42 Å². The number of sulfonamides is 1. The molecule has 1 saturated heterocycles. The molecule has 0 radical (unpaired) electrons. The first-order valence-corrected chi connectivity index (χ1v) is 8.04. The lowest BCUT2D eigenvalue weighted by Crippen LogP contribution is -2.46. The first-order chi connectivity index (χ1) is 9.78. The normalized spacial score (nSPS) is 24.5. The highest BCUT2D eigenvalue weighted by Crippen LogP contribution is 2.29. The van der Waals surface area contributed by atoms with Gasteiger partial charge in [-0.25, -0.2) is 17.6 Å². The van der Waals surface area contributed by atoms with Crippen molar-refractivity contribution in [3.63, 3.8) is 0 Å². The molecule has 1 aliphatic rings. The van der Waals surface area contributed by atoms with Crippen LogP contribution in [0.2, 0.25) is 0 Å². The predicted molar refractivity (Wildman–Crippen MR) is 74.3 cm³/mol. The Kier molecular flexibility index (Phi) is 3.18. The van der Waals surface area contributed by atoms with Crippen molar-refractivity contribution in [3.05, 3.63) is 28.7 Å². The number of fused-ring (bicyclic) bond motifs is 1. The smallest absolute Gasteiger partial charge is 0.408 e. The molecule has 3 rings (SSSR count). The number of oxazole rings is 1. The van der Waals surface area contributed by atoms with Crippen molar-refractivity contribution in [1.82, 2.24) is 9.29 Å². The maximum absolute atomic E-state index is 14.1. The first-order valence-electron chi connectivity index (χ1n) is 6.60. The van der Waals surface area contributed by atoms with Crippen LogP contribution in [0.25, 0.3) is 11.1 Å². The molecule has 1 aliphatic heterocycles. The summed E-state index contributed by atoms with van der Waals surface area (Å²) in [5, 5.41) is 0. The van der Waals surface area contributed by atoms with E-state index in [0.29, 0.717) is 18.4 Å². The van der Waals surface area contributed by atoms with Crippen LogP contribution in [0, 0.1) is 0 Å². The van der Waals surface area contributed by atoms with E-state index in [4.69, 9.17) is 4.42 Å². The molecule has 6 nitrogen and oxygen atoms in total. The van der Waals surface area contributed by atoms with Gasteiger partial charge in [0, 0.05) is 19.2 Å². The maximum atomic E-state index is 14.1. The molecule has 21 heavy (non-hydrogen) atoms. The molecule has 0 bridgehead atoms. The van der Waals surface area contributed by atoms with E-state index in [-0.39, 0.29) is 23.6 Å². The Balaban J connectivity index is 2.01. The van der Waals surface area contributed by atoms with E-state index < -0.39 is 21.4 Å². The summed E-state index contributed by atoms with van der Waals surface area (Å²) in [6, 6.07) is 4.13. The van der Waals surface area contributed by atoms with Gasteiger partial charge in [0.25, 0.3) is 0 Å². The molecule has 114 valence electrons. The minimum absolute atomic E-state index is 0.00421. The molecule has 8 heteroatoms. The SMILES string of the molecule is CC1(F)CCCN(S(=O)(=O)c2ccc3[nH]c(=O)oc3c2)C1. The summed E-state index contributed by atoms with van der Waals surface area (Å²) in [5.41, 5.74) is -0.926. The highest BCUT2D eigenvalue weighted by molar-refractivity contribution is 7.89. The summed E-state index contributed by atoms with van der Waals surface area (Å²) >= 11 is 0. The predicted octanol–water partition coefficient (Wildman–Crippen LogP) is 1.63. The number of H-pyrrole nitrogens is 1. The Morgan fingerprint density at radius 2 is 2.19 bits per heavy atom. The summed E-state index contributed by atoms with van der Waals surface area (Å²) in [4.78, 5) is 13.5. The highest BCUT2D eigenvalue weighted by atomic mass is 32.2. The molecule has 1 aromatic carbocycles. The van der Waals surface area contributed by atoms with Crippen LogP contribution < -0.4 is 5.76 Å². The molecule has 0 saturated carbocycles. The quantitative estimate of drug-likeness (QED) is 0.913. The second kappa shape index (κ2) is 4.67. The standard InChI is InChI=1S/C13H15FN2O4S/c1-13(14)5-2-6-16(8-13)21(18,19)9-3-4-10-11(7-9)20-12(17)15-10/h3-4,7H,2,5-6,8H2,1H3,(H,15,17). The van der Waals surface area contributed by atoms with Gasteiger partial charge in [-0.05, 0) is 31.9 Å². The topological polar surface area (TPSA) is 83.4 Å². The summed E-state index contributed by atoms with van der Waals surface area (Å²) in [7, 11) is -3.80. The van der Waals surface area contributed by atoms with Crippen molar-refractivity contribution in [2.75, 3.05) is 13.1 Å². The van der Waals surface area contributed by atoms with Gasteiger partial charge in [-0.2, -0.15) is 4.31 Å². The summed E-state index contributed by atoms with van der Waals surface area (Å²) in [5.74, 6) is -0.645. The Hall–Kier alpha value is -1.67. The summed E-state index contributed by atoms with van der Waals surface area (Å²) < 4.78 is 45.2. The van der Waals surface area contributed by atoms with Crippen molar-refractivity contribution in [3.8, 4) is 0 Å². The molecule has 2 aromatic rings. The van der Waals surface area contributed by atoms with E-state index in [0.717, 1.165) is 4.31 Å². The number of halogens is 1. The summed E-state index contributed by atoms with van der Waals surface area (Å²) in [6.45, 7) is 1.53. The van der Waals surface area contributed by atoms with Crippen molar-refractivity contribution >= 4 is 21.1 Å². The minimum Gasteiger partial charge on any atom is -0.408 e. The third-order valence-corrected chi connectivity index (χ3v) is 5.48. The molecule has 1 aromatic heterocycles. The number of piperidine rings is 1. The fourth-order valence-corrected chi connectivity index (χ4v) is 4.19. The van der Waals surface area contributed by atoms with E-state index >= 15 is 0 Å². The number of hydrogen-bond acceptors (Lipinski definition) is 4. The van der Waals surface area contributed by atoms with Gasteiger partial charge >= 0.3 is 5.76 Å². The van der Waals surface area contributed by atoms with Crippen molar-refractivity contribution < 1.29 is 17.2 Å². The number of rotatable bonds is 2. The Bertz CT molecular complexity index is 837. The fraction of sp³-hybridized carbons (Fsp3) is 0.462. The van der Waals surface area contributed by atoms with E-state index in [9.17, 15) is 17.6 Å². The van der Waals surface area contributed by atoms with Gasteiger partial charge in [-0.15, -0.1) is 0 Å². The fourth-order valence-electron chi connectivity index (χ4n) is 2.59. The number of alkyl halides is 1. The molecule has 0 spiro atoms. The van der Waals surface area contributed by atoms with Gasteiger partial charge in [-0.1, -0.05) is 0 Å². The van der Waals surface area contributed by atoms with Gasteiger partial charge in [0.15, 0.2) is 5.58 Å². The number of hydrogen-bond donors (Lipinski definition) is 1. The molecule has 1 atom stereocenters. The van der Waals surface area contributed by atoms with Crippen LogP contribution in [-0.2, 0) is 10.0 Å². The third kappa shape index (κ3) is 2.60. The van der Waals surface area contributed by atoms with Crippen molar-refractivity contribution in [1.29, 1.82) is 0 Å². The van der Waals surface area contributed by atoms with Crippen LogP contribution in [0.15, 0.2) is 32.3 Å². The van der Waals surface area contributed by atoms with Crippen LogP contribution >= 0.6 is 0 Å². The molecule has 0 amide bonds. The van der Waals surface area contributed by atoms with Crippen molar-refractivity contribution in [2.24, 2.45) is 0 Å². The molecule has 0 aliphatic carbocycles. The first kappa shape index (κ1) is 14.3. The second-order valence-corrected chi connectivity index (χ2v) is 7.47. The van der Waals surface area contributed by atoms with Gasteiger partial charge in [0.05, 0.1) is 10.4 Å². The average Bonchev–Trinajstić information content (AvgIpc) is 2.76. The van der Waals surface area contributed by atoms with Crippen molar-refractivity contribution in [2.45, 2.75) is 30.3 Å². The van der Waals surface area contributed by atoms with Crippen LogP contribution in [0.1, 0.15) is 19.8 Å². The van der Waals surface area contributed by atoms with Gasteiger partial charge in [0.2, 0.25) is 10.0 Å². The summed E-state index contributed by atoms with van der Waals surface area (Å²) in [6.07, 6.45) is 0.832.